The second-order valence-corrected chi connectivity index (χ2v) is 5.17. The third kappa shape index (κ3) is 2.78. The highest BCUT2D eigenvalue weighted by atomic mass is 79.9. The fourth-order valence-electron chi connectivity index (χ4n) is 1.81. The van der Waals surface area contributed by atoms with Crippen molar-refractivity contribution < 1.29 is 9.21 Å². The fraction of sp³-hybridized carbons (Fsp3) is 0.231. The SMILES string of the molecule is Cc1cc(N)c(NC(=O)c2oc(C)nc2C)c(Br)c1. The topological polar surface area (TPSA) is 81.1 Å². The fourth-order valence-corrected chi connectivity index (χ4v) is 2.50. The van der Waals surface area contributed by atoms with Gasteiger partial charge in [0.1, 0.15) is 0 Å². The van der Waals surface area contributed by atoms with E-state index in [1.165, 1.54) is 0 Å². The quantitative estimate of drug-likeness (QED) is 0.831. The molecule has 0 aliphatic heterocycles. The second kappa shape index (κ2) is 5.05. The maximum Gasteiger partial charge on any atom is 0.293 e. The number of aryl methyl sites for hydroxylation is 3. The Kier molecular flexibility index (Phi) is 3.61. The Bertz CT molecular complexity index is 626. The van der Waals surface area contributed by atoms with Crippen molar-refractivity contribution in [1.29, 1.82) is 0 Å². The van der Waals surface area contributed by atoms with Gasteiger partial charge >= 0.3 is 0 Å². The van der Waals surface area contributed by atoms with E-state index in [0.29, 0.717) is 23.0 Å². The highest BCUT2D eigenvalue weighted by molar-refractivity contribution is 9.10. The van der Waals surface area contributed by atoms with Crippen LogP contribution in [0.15, 0.2) is 21.0 Å². The zero-order chi connectivity index (χ0) is 14.2. The molecule has 0 saturated carbocycles. The predicted octanol–water partition coefficient (Wildman–Crippen LogP) is 3.20. The minimum atomic E-state index is -0.366. The van der Waals surface area contributed by atoms with Gasteiger partial charge in [-0.05, 0) is 47.5 Å². The third-order valence-electron chi connectivity index (χ3n) is 2.61. The Labute approximate surface area is 119 Å². The predicted molar refractivity (Wildman–Crippen MR) is 77.2 cm³/mol. The normalized spacial score (nSPS) is 10.5. The monoisotopic (exact) mass is 323 g/mol. The van der Waals surface area contributed by atoms with Crippen molar-refractivity contribution in [2.24, 2.45) is 0 Å². The van der Waals surface area contributed by atoms with Crippen LogP contribution in [-0.4, -0.2) is 10.9 Å². The summed E-state index contributed by atoms with van der Waals surface area (Å²) in [5.74, 6) is 0.289. The van der Waals surface area contributed by atoms with Crippen LogP contribution < -0.4 is 11.1 Å². The first-order valence-electron chi connectivity index (χ1n) is 5.69. The summed E-state index contributed by atoms with van der Waals surface area (Å²) in [5.41, 5.74) is 8.49. The van der Waals surface area contributed by atoms with Crippen LogP contribution in [0.4, 0.5) is 11.4 Å². The maximum atomic E-state index is 12.1. The summed E-state index contributed by atoms with van der Waals surface area (Å²) in [6, 6.07) is 3.67. The van der Waals surface area contributed by atoms with Crippen molar-refractivity contribution in [3.05, 3.63) is 39.5 Å². The van der Waals surface area contributed by atoms with Gasteiger partial charge in [-0.2, -0.15) is 0 Å². The Morgan fingerprint density at radius 2 is 2.05 bits per heavy atom. The molecule has 1 amide bonds. The first kappa shape index (κ1) is 13.6. The van der Waals surface area contributed by atoms with E-state index >= 15 is 0 Å². The number of nitrogens with one attached hydrogen (secondary N) is 1. The van der Waals surface area contributed by atoms with Crippen molar-refractivity contribution >= 4 is 33.2 Å². The molecule has 6 heteroatoms. The summed E-state index contributed by atoms with van der Waals surface area (Å²) >= 11 is 3.38. The van der Waals surface area contributed by atoms with Gasteiger partial charge in [-0.25, -0.2) is 4.98 Å². The lowest BCUT2D eigenvalue weighted by Crippen LogP contribution is -2.14. The van der Waals surface area contributed by atoms with Gasteiger partial charge in [0, 0.05) is 11.4 Å². The molecule has 1 aromatic carbocycles. The highest BCUT2D eigenvalue weighted by Gasteiger charge is 2.18. The molecule has 0 saturated heterocycles. The zero-order valence-corrected chi connectivity index (χ0v) is 12.5. The smallest absolute Gasteiger partial charge is 0.293 e. The molecule has 1 heterocycles. The molecule has 100 valence electrons. The molecule has 0 aliphatic carbocycles. The minimum Gasteiger partial charge on any atom is -0.436 e. The molecule has 3 N–H and O–H groups in total. The Balaban J connectivity index is 2.32. The van der Waals surface area contributed by atoms with E-state index in [4.69, 9.17) is 10.2 Å². The van der Waals surface area contributed by atoms with Crippen LogP contribution in [0.2, 0.25) is 0 Å². The lowest BCUT2D eigenvalue weighted by atomic mass is 10.2. The highest BCUT2D eigenvalue weighted by Crippen LogP contribution is 2.30. The molecule has 2 rings (SSSR count). The van der Waals surface area contributed by atoms with Gasteiger partial charge in [0.2, 0.25) is 5.76 Å². The van der Waals surface area contributed by atoms with Crippen LogP contribution in [0.5, 0.6) is 0 Å². The van der Waals surface area contributed by atoms with E-state index < -0.39 is 0 Å². The summed E-state index contributed by atoms with van der Waals surface area (Å²) in [6.45, 7) is 5.34. The maximum absolute atomic E-state index is 12.1. The molecular weight excluding hydrogens is 310 g/mol. The average Bonchev–Trinajstić information content (AvgIpc) is 2.62. The third-order valence-corrected chi connectivity index (χ3v) is 3.24. The molecule has 0 fully saturated rings. The molecule has 0 spiro atoms. The summed E-state index contributed by atoms with van der Waals surface area (Å²) in [4.78, 5) is 16.2. The molecular formula is C13H14BrN3O2. The number of anilines is 2. The zero-order valence-electron chi connectivity index (χ0n) is 10.9. The molecule has 0 bridgehead atoms. The van der Waals surface area contributed by atoms with Gasteiger partial charge in [0.25, 0.3) is 5.91 Å². The summed E-state index contributed by atoms with van der Waals surface area (Å²) in [7, 11) is 0. The first-order chi connectivity index (χ1) is 8.88. The Morgan fingerprint density at radius 3 is 2.58 bits per heavy atom. The van der Waals surface area contributed by atoms with Gasteiger partial charge in [-0.1, -0.05) is 0 Å². The van der Waals surface area contributed by atoms with E-state index in [-0.39, 0.29) is 11.7 Å². The summed E-state index contributed by atoms with van der Waals surface area (Å²) in [6.07, 6.45) is 0. The standard InChI is InChI=1S/C13H14BrN3O2/c1-6-4-9(14)11(10(15)5-6)17-13(18)12-7(2)16-8(3)19-12/h4-5H,15H2,1-3H3,(H,17,18). The number of halogens is 1. The van der Waals surface area contributed by atoms with Crippen LogP contribution in [0.25, 0.3) is 0 Å². The number of oxazole rings is 1. The number of nitrogens with zero attached hydrogens (tertiary/aromatic N) is 1. The van der Waals surface area contributed by atoms with Gasteiger partial charge in [0.15, 0.2) is 5.89 Å². The van der Waals surface area contributed by atoms with Crippen molar-refractivity contribution in [3.8, 4) is 0 Å². The largest absolute Gasteiger partial charge is 0.436 e. The summed E-state index contributed by atoms with van der Waals surface area (Å²) in [5, 5.41) is 2.73. The van der Waals surface area contributed by atoms with Crippen LogP contribution in [0.1, 0.15) is 27.7 Å². The number of nitrogens with two attached hydrogens (primary N) is 1. The molecule has 1 aromatic heterocycles. The van der Waals surface area contributed by atoms with Gasteiger partial charge < -0.3 is 15.5 Å². The number of carbonyl (C=O) groups is 1. The van der Waals surface area contributed by atoms with E-state index in [1.54, 1.807) is 19.9 Å². The number of hydrogen-bond acceptors (Lipinski definition) is 4. The van der Waals surface area contributed by atoms with Crippen molar-refractivity contribution in [2.45, 2.75) is 20.8 Å². The van der Waals surface area contributed by atoms with Crippen molar-refractivity contribution in [3.63, 3.8) is 0 Å². The first-order valence-corrected chi connectivity index (χ1v) is 6.48. The molecule has 0 aliphatic rings. The van der Waals surface area contributed by atoms with Crippen molar-refractivity contribution in [1.82, 2.24) is 4.98 Å². The second-order valence-electron chi connectivity index (χ2n) is 4.31. The van der Waals surface area contributed by atoms with E-state index in [9.17, 15) is 4.79 Å². The lowest BCUT2D eigenvalue weighted by molar-refractivity contribution is 0.0994. The van der Waals surface area contributed by atoms with Crippen LogP contribution in [-0.2, 0) is 0 Å². The number of carbonyl (C=O) groups excluding carboxylic acids is 1. The van der Waals surface area contributed by atoms with Crippen molar-refractivity contribution in [2.75, 3.05) is 11.1 Å². The molecule has 19 heavy (non-hydrogen) atoms. The van der Waals surface area contributed by atoms with E-state index in [0.717, 1.165) is 10.0 Å². The lowest BCUT2D eigenvalue weighted by Gasteiger charge is -2.10. The van der Waals surface area contributed by atoms with Crippen LogP contribution in [0, 0.1) is 20.8 Å². The number of benzene rings is 1. The molecule has 2 aromatic rings. The van der Waals surface area contributed by atoms with E-state index in [1.807, 2.05) is 13.0 Å². The number of nitrogen functional groups attached to an aromatic ring is 1. The van der Waals surface area contributed by atoms with Crippen LogP contribution >= 0.6 is 15.9 Å². The molecule has 0 unspecified atom stereocenters. The summed E-state index contributed by atoms with van der Waals surface area (Å²) < 4.78 is 6.00. The molecule has 0 radical (unpaired) electrons. The molecule has 0 atom stereocenters. The Hall–Kier alpha value is -1.82. The number of aromatic nitrogens is 1. The van der Waals surface area contributed by atoms with Crippen LogP contribution in [0.3, 0.4) is 0 Å². The van der Waals surface area contributed by atoms with Gasteiger partial charge in [0.05, 0.1) is 17.1 Å². The number of rotatable bonds is 2. The Morgan fingerprint density at radius 1 is 1.37 bits per heavy atom. The number of amides is 1. The van der Waals surface area contributed by atoms with E-state index in [2.05, 4.69) is 26.2 Å². The van der Waals surface area contributed by atoms with Gasteiger partial charge in [-0.15, -0.1) is 0 Å². The van der Waals surface area contributed by atoms with Gasteiger partial charge in [-0.3, -0.25) is 4.79 Å². The minimum absolute atomic E-state index is 0.198. The molecule has 5 nitrogen and oxygen atoms in total. The average molecular weight is 324 g/mol. The number of hydrogen-bond donors (Lipinski definition) is 2.